The maximum atomic E-state index is 12.1. The number of aromatic nitrogens is 4. The van der Waals surface area contributed by atoms with E-state index in [4.69, 9.17) is 11.6 Å². The topological polar surface area (TPSA) is 72.7 Å². The first-order chi connectivity index (χ1) is 11.6. The highest BCUT2D eigenvalue weighted by molar-refractivity contribution is 6.33. The zero-order valence-corrected chi connectivity index (χ0v) is 15.0. The molecule has 24 heavy (non-hydrogen) atoms. The maximum absolute atomic E-state index is 12.1. The lowest BCUT2D eigenvalue weighted by atomic mass is 9.99. The summed E-state index contributed by atoms with van der Waals surface area (Å²) in [5, 5.41) is 15.6. The Morgan fingerprint density at radius 1 is 1.33 bits per heavy atom. The molecule has 0 saturated heterocycles. The minimum Gasteiger partial charge on any atom is -0.354 e. The van der Waals surface area contributed by atoms with Gasteiger partial charge in [-0.15, -0.1) is 10.2 Å². The van der Waals surface area contributed by atoms with Crippen LogP contribution in [0.2, 0.25) is 5.02 Å². The van der Waals surface area contributed by atoms with Crippen LogP contribution in [0.3, 0.4) is 0 Å². The van der Waals surface area contributed by atoms with E-state index in [0.29, 0.717) is 28.9 Å². The molecule has 7 heteroatoms. The average Bonchev–Trinajstić information content (AvgIpc) is 3.03. The molecule has 0 fully saturated rings. The van der Waals surface area contributed by atoms with Gasteiger partial charge in [-0.3, -0.25) is 4.79 Å². The number of benzene rings is 1. The largest absolute Gasteiger partial charge is 0.354 e. The highest BCUT2D eigenvalue weighted by atomic mass is 35.5. The summed E-state index contributed by atoms with van der Waals surface area (Å²) in [4.78, 5) is 13.3. The molecular weight excluding hydrogens is 326 g/mol. The number of unbranched alkanes of at least 4 members (excludes halogenated alkanes) is 1. The Morgan fingerprint density at radius 2 is 2.12 bits per heavy atom. The summed E-state index contributed by atoms with van der Waals surface area (Å²) in [5.41, 5.74) is 0.705. The molecule has 0 saturated carbocycles. The normalized spacial score (nSPS) is 12.1. The second-order valence-electron chi connectivity index (χ2n) is 5.84. The van der Waals surface area contributed by atoms with Crippen LogP contribution >= 0.6 is 11.6 Å². The fraction of sp³-hybridized carbons (Fsp3) is 0.529. The van der Waals surface area contributed by atoms with Gasteiger partial charge in [0.15, 0.2) is 0 Å². The van der Waals surface area contributed by atoms with Gasteiger partial charge in [-0.1, -0.05) is 56.8 Å². The summed E-state index contributed by atoms with van der Waals surface area (Å²) in [7, 11) is 0. The molecule has 0 bridgehead atoms. The van der Waals surface area contributed by atoms with E-state index in [0.717, 1.165) is 12.8 Å². The summed E-state index contributed by atoms with van der Waals surface area (Å²) in [6.45, 7) is 5.09. The molecule has 0 spiro atoms. The van der Waals surface area contributed by atoms with E-state index < -0.39 is 0 Å². The van der Waals surface area contributed by atoms with E-state index >= 15 is 0 Å². The van der Waals surface area contributed by atoms with Crippen LogP contribution in [0.4, 0.5) is 0 Å². The smallest absolute Gasteiger partial charge is 0.243 e. The number of nitrogens with zero attached hydrogens (tertiary/aromatic N) is 4. The van der Waals surface area contributed by atoms with Crippen molar-refractivity contribution in [3.63, 3.8) is 0 Å². The van der Waals surface area contributed by atoms with Gasteiger partial charge in [0.05, 0.1) is 5.02 Å². The van der Waals surface area contributed by atoms with Crippen LogP contribution in [0.5, 0.6) is 0 Å². The Balaban J connectivity index is 1.88. The zero-order valence-electron chi connectivity index (χ0n) is 14.2. The SMILES string of the molecule is CCCC[C@@H](CC)CNC(=O)Cn1nnc(-c2ccccc2Cl)n1. The lowest BCUT2D eigenvalue weighted by molar-refractivity contribution is -0.122. The fourth-order valence-corrected chi connectivity index (χ4v) is 2.67. The third-order valence-corrected chi connectivity index (χ3v) is 4.31. The number of hydrogen-bond donors (Lipinski definition) is 1. The van der Waals surface area contributed by atoms with E-state index in [1.807, 2.05) is 18.2 Å². The minimum absolute atomic E-state index is 0.0572. The van der Waals surface area contributed by atoms with Gasteiger partial charge in [-0.2, -0.15) is 4.80 Å². The molecule has 1 aromatic carbocycles. The molecule has 130 valence electrons. The summed E-state index contributed by atoms with van der Waals surface area (Å²) in [6, 6.07) is 7.29. The van der Waals surface area contributed by atoms with Gasteiger partial charge in [0.1, 0.15) is 6.54 Å². The Hall–Kier alpha value is -1.95. The summed E-state index contributed by atoms with van der Waals surface area (Å²) in [6.07, 6.45) is 4.59. The minimum atomic E-state index is -0.104. The fourth-order valence-electron chi connectivity index (χ4n) is 2.45. The van der Waals surface area contributed by atoms with Crippen molar-refractivity contribution in [2.24, 2.45) is 5.92 Å². The van der Waals surface area contributed by atoms with E-state index in [1.165, 1.54) is 17.6 Å². The standard InChI is InChI=1S/C17H24ClN5O/c1-3-5-8-13(4-2)11-19-16(24)12-23-21-17(20-22-23)14-9-6-7-10-15(14)18/h6-7,9-10,13H,3-5,8,11-12H2,1-2H3,(H,19,24)/t13-/m1/s1. The Bertz CT molecular complexity index is 658. The molecule has 6 nitrogen and oxygen atoms in total. The molecule has 2 aromatic rings. The number of rotatable bonds is 9. The summed E-state index contributed by atoms with van der Waals surface area (Å²) >= 11 is 6.12. The van der Waals surface area contributed by atoms with Gasteiger partial charge in [0.2, 0.25) is 11.7 Å². The van der Waals surface area contributed by atoms with Crippen molar-refractivity contribution in [2.45, 2.75) is 46.1 Å². The number of carbonyl (C=O) groups excluding carboxylic acids is 1. The molecule has 0 radical (unpaired) electrons. The first kappa shape index (κ1) is 18.4. The molecule has 1 N–H and O–H groups in total. The van der Waals surface area contributed by atoms with Crippen molar-refractivity contribution in [3.8, 4) is 11.4 Å². The number of amides is 1. The lowest BCUT2D eigenvalue weighted by Gasteiger charge is -2.14. The molecule has 1 heterocycles. The Morgan fingerprint density at radius 3 is 2.83 bits per heavy atom. The molecule has 1 amide bonds. The van der Waals surface area contributed by atoms with E-state index in [1.54, 1.807) is 6.07 Å². The first-order valence-corrected chi connectivity index (χ1v) is 8.81. The van der Waals surface area contributed by atoms with Crippen LogP contribution in [0.1, 0.15) is 39.5 Å². The lowest BCUT2D eigenvalue weighted by Crippen LogP contribution is -2.32. The van der Waals surface area contributed by atoms with Gasteiger partial charge in [0, 0.05) is 12.1 Å². The van der Waals surface area contributed by atoms with Crippen molar-refractivity contribution in [3.05, 3.63) is 29.3 Å². The molecule has 0 aliphatic rings. The third-order valence-electron chi connectivity index (χ3n) is 3.98. The van der Waals surface area contributed by atoms with Crippen LogP contribution in [-0.2, 0) is 11.3 Å². The quantitative estimate of drug-likeness (QED) is 0.753. The molecule has 0 aliphatic carbocycles. The van der Waals surface area contributed by atoms with E-state index in [2.05, 4.69) is 34.6 Å². The molecular formula is C17H24ClN5O. The van der Waals surface area contributed by atoms with Crippen LogP contribution in [0.25, 0.3) is 11.4 Å². The highest BCUT2D eigenvalue weighted by Gasteiger charge is 2.12. The van der Waals surface area contributed by atoms with Gasteiger partial charge in [-0.25, -0.2) is 0 Å². The van der Waals surface area contributed by atoms with Gasteiger partial charge in [-0.05, 0) is 29.7 Å². The number of carbonyl (C=O) groups is 1. The van der Waals surface area contributed by atoms with Gasteiger partial charge < -0.3 is 5.32 Å². The average molecular weight is 350 g/mol. The molecule has 0 unspecified atom stereocenters. The maximum Gasteiger partial charge on any atom is 0.243 e. The molecule has 2 rings (SSSR count). The molecule has 1 atom stereocenters. The third kappa shape index (κ3) is 5.30. The van der Waals surface area contributed by atoms with Gasteiger partial charge in [0.25, 0.3) is 0 Å². The van der Waals surface area contributed by atoms with E-state index in [9.17, 15) is 4.79 Å². The van der Waals surface area contributed by atoms with Crippen LogP contribution in [-0.4, -0.2) is 32.7 Å². The number of nitrogens with one attached hydrogen (secondary N) is 1. The number of hydrogen-bond acceptors (Lipinski definition) is 4. The summed E-state index contributed by atoms with van der Waals surface area (Å²) in [5.74, 6) is 0.840. The molecule has 0 aliphatic heterocycles. The number of halogens is 1. The van der Waals surface area contributed by atoms with Crippen molar-refractivity contribution in [2.75, 3.05) is 6.54 Å². The highest BCUT2D eigenvalue weighted by Crippen LogP contribution is 2.23. The van der Waals surface area contributed by atoms with Crippen LogP contribution in [0, 0.1) is 5.92 Å². The van der Waals surface area contributed by atoms with Crippen molar-refractivity contribution in [1.29, 1.82) is 0 Å². The van der Waals surface area contributed by atoms with Crippen LogP contribution < -0.4 is 5.32 Å². The summed E-state index contributed by atoms with van der Waals surface area (Å²) < 4.78 is 0. The second kappa shape index (κ2) is 9.37. The van der Waals surface area contributed by atoms with Crippen molar-refractivity contribution < 1.29 is 4.79 Å². The van der Waals surface area contributed by atoms with E-state index in [-0.39, 0.29) is 12.5 Å². The van der Waals surface area contributed by atoms with Gasteiger partial charge >= 0.3 is 0 Å². The molecule has 1 aromatic heterocycles. The second-order valence-corrected chi connectivity index (χ2v) is 6.25. The first-order valence-electron chi connectivity index (χ1n) is 8.43. The zero-order chi connectivity index (χ0) is 17.4. The van der Waals surface area contributed by atoms with Crippen molar-refractivity contribution >= 4 is 17.5 Å². The Kier molecular flexibility index (Phi) is 7.18. The van der Waals surface area contributed by atoms with Crippen molar-refractivity contribution in [1.82, 2.24) is 25.5 Å². The van der Waals surface area contributed by atoms with Crippen LogP contribution in [0.15, 0.2) is 24.3 Å². The number of tetrazole rings is 1. The predicted octanol–water partition coefficient (Wildman–Crippen LogP) is 3.33. The Labute approximate surface area is 147 Å². The monoisotopic (exact) mass is 349 g/mol. The predicted molar refractivity (Wildman–Crippen MR) is 94.6 cm³/mol.